The zero-order valence-corrected chi connectivity index (χ0v) is 9.96. The molecule has 1 fully saturated rings. The Balaban J connectivity index is 2.77. The molecule has 86 valence electrons. The van der Waals surface area contributed by atoms with Crippen molar-refractivity contribution in [3.8, 4) is 0 Å². The Morgan fingerprint density at radius 1 is 1.67 bits per heavy atom. The van der Waals surface area contributed by atoms with Gasteiger partial charge in [-0.15, -0.1) is 0 Å². The third kappa shape index (κ3) is 3.64. The molecule has 0 radical (unpaired) electrons. The highest BCUT2D eigenvalue weighted by atomic mass is 16.3. The summed E-state index contributed by atoms with van der Waals surface area (Å²) >= 11 is 0. The maximum absolute atomic E-state index is 9.94. The highest BCUT2D eigenvalue weighted by Crippen LogP contribution is 2.15. The molecule has 1 heterocycles. The molecule has 0 saturated carbocycles. The monoisotopic (exact) mass is 211 g/mol. The molecule has 4 heteroatoms. The van der Waals surface area contributed by atoms with Gasteiger partial charge in [0.25, 0.3) is 0 Å². The average molecular weight is 211 g/mol. The molecular weight excluding hydrogens is 190 g/mol. The molecule has 15 heavy (non-hydrogen) atoms. The third-order valence-electron chi connectivity index (χ3n) is 2.54. The molecule has 0 aromatic carbocycles. The van der Waals surface area contributed by atoms with E-state index in [1.807, 2.05) is 13.1 Å². The lowest BCUT2D eigenvalue weighted by molar-refractivity contribution is 0.0213. The van der Waals surface area contributed by atoms with Crippen LogP contribution in [0.5, 0.6) is 0 Å². The number of aliphatic hydroxyl groups is 1. The lowest BCUT2D eigenvalue weighted by Gasteiger charge is -2.39. The van der Waals surface area contributed by atoms with Crippen molar-refractivity contribution in [2.45, 2.75) is 32.4 Å². The topological polar surface area (TPSA) is 59.4 Å². The van der Waals surface area contributed by atoms with Gasteiger partial charge >= 0.3 is 0 Å². The SMILES string of the molecule is CC(=N)/C=C1/CN(C)CC(C(C)(C)O)N1. The largest absolute Gasteiger partial charge is 0.388 e. The van der Waals surface area contributed by atoms with Crippen molar-refractivity contribution in [3.05, 3.63) is 11.8 Å². The van der Waals surface area contributed by atoms with Gasteiger partial charge in [-0.05, 0) is 33.9 Å². The lowest BCUT2D eigenvalue weighted by atomic mass is 9.96. The van der Waals surface area contributed by atoms with Crippen LogP contribution in [0.25, 0.3) is 0 Å². The van der Waals surface area contributed by atoms with Gasteiger partial charge in [0.1, 0.15) is 0 Å². The highest BCUT2D eigenvalue weighted by Gasteiger charge is 2.31. The lowest BCUT2D eigenvalue weighted by Crippen LogP contribution is -2.57. The van der Waals surface area contributed by atoms with Crippen molar-refractivity contribution < 1.29 is 5.11 Å². The summed E-state index contributed by atoms with van der Waals surface area (Å²) in [7, 11) is 2.02. The number of nitrogens with one attached hydrogen (secondary N) is 2. The van der Waals surface area contributed by atoms with Crippen molar-refractivity contribution >= 4 is 5.71 Å². The standard InChI is InChI=1S/C11H21N3O/c1-8(12)5-9-6-14(4)7-10(13-9)11(2,3)15/h5,10,12-13,15H,6-7H2,1-4H3/b9-5-,12-8?. The average Bonchev–Trinajstić information content (AvgIpc) is 1.99. The Hall–Kier alpha value is -0.870. The van der Waals surface area contributed by atoms with Gasteiger partial charge in [0.2, 0.25) is 0 Å². The van der Waals surface area contributed by atoms with Crippen LogP contribution in [-0.4, -0.2) is 47.5 Å². The molecule has 0 aromatic rings. The van der Waals surface area contributed by atoms with Crippen molar-refractivity contribution in [3.63, 3.8) is 0 Å². The first-order valence-corrected chi connectivity index (χ1v) is 5.22. The highest BCUT2D eigenvalue weighted by molar-refractivity contribution is 5.90. The van der Waals surface area contributed by atoms with Crippen molar-refractivity contribution in [1.29, 1.82) is 5.41 Å². The van der Waals surface area contributed by atoms with E-state index in [2.05, 4.69) is 10.2 Å². The molecule has 3 N–H and O–H groups in total. The molecular formula is C11H21N3O. The van der Waals surface area contributed by atoms with Crippen molar-refractivity contribution in [2.24, 2.45) is 0 Å². The molecule has 0 aromatic heterocycles. The molecule has 0 amide bonds. The van der Waals surface area contributed by atoms with E-state index in [0.717, 1.165) is 18.8 Å². The summed E-state index contributed by atoms with van der Waals surface area (Å²) in [6.45, 7) is 6.99. The number of piperazine rings is 1. The van der Waals surface area contributed by atoms with E-state index >= 15 is 0 Å². The maximum Gasteiger partial charge on any atom is 0.0804 e. The van der Waals surface area contributed by atoms with E-state index in [1.165, 1.54) is 0 Å². The number of allylic oxidation sites excluding steroid dienone is 1. The number of likely N-dealkylation sites (N-methyl/N-ethyl adjacent to an activating group) is 1. The smallest absolute Gasteiger partial charge is 0.0804 e. The second-order valence-electron chi connectivity index (χ2n) is 4.90. The van der Waals surface area contributed by atoms with Crippen LogP contribution in [-0.2, 0) is 0 Å². The summed E-state index contributed by atoms with van der Waals surface area (Å²) in [5.74, 6) is 0. The predicted molar refractivity (Wildman–Crippen MR) is 62.2 cm³/mol. The van der Waals surface area contributed by atoms with Gasteiger partial charge < -0.3 is 15.8 Å². The van der Waals surface area contributed by atoms with Crippen molar-refractivity contribution in [1.82, 2.24) is 10.2 Å². The van der Waals surface area contributed by atoms with Crippen LogP contribution in [0.4, 0.5) is 0 Å². The van der Waals surface area contributed by atoms with Crippen LogP contribution in [0.3, 0.4) is 0 Å². The Morgan fingerprint density at radius 2 is 2.27 bits per heavy atom. The Labute approximate surface area is 91.5 Å². The van der Waals surface area contributed by atoms with Gasteiger partial charge in [0.15, 0.2) is 0 Å². The minimum absolute atomic E-state index is 0.0156. The van der Waals surface area contributed by atoms with E-state index in [-0.39, 0.29) is 6.04 Å². The minimum Gasteiger partial charge on any atom is -0.388 e. The maximum atomic E-state index is 9.94. The van der Waals surface area contributed by atoms with Gasteiger partial charge in [-0.1, -0.05) is 0 Å². The number of hydrogen-bond donors (Lipinski definition) is 3. The molecule has 1 unspecified atom stereocenters. The molecule has 1 rings (SSSR count). The van der Waals surface area contributed by atoms with Crippen LogP contribution < -0.4 is 5.32 Å². The first kappa shape index (κ1) is 12.2. The fourth-order valence-electron chi connectivity index (χ4n) is 1.73. The van der Waals surface area contributed by atoms with Gasteiger partial charge in [-0.3, -0.25) is 4.90 Å². The first-order valence-electron chi connectivity index (χ1n) is 5.22. The fraction of sp³-hybridized carbons (Fsp3) is 0.727. The van der Waals surface area contributed by atoms with E-state index < -0.39 is 5.60 Å². The van der Waals surface area contributed by atoms with E-state index in [4.69, 9.17) is 5.41 Å². The van der Waals surface area contributed by atoms with Crippen LogP contribution in [0.2, 0.25) is 0 Å². The number of rotatable bonds is 2. The van der Waals surface area contributed by atoms with E-state index in [0.29, 0.717) is 5.71 Å². The summed E-state index contributed by atoms with van der Waals surface area (Å²) in [6, 6.07) is 0.0156. The summed E-state index contributed by atoms with van der Waals surface area (Å²) in [5.41, 5.74) is 0.787. The Morgan fingerprint density at radius 3 is 2.73 bits per heavy atom. The molecule has 0 aliphatic carbocycles. The van der Waals surface area contributed by atoms with Crippen LogP contribution >= 0.6 is 0 Å². The summed E-state index contributed by atoms with van der Waals surface area (Å²) < 4.78 is 0. The van der Waals surface area contributed by atoms with Crippen LogP contribution in [0.1, 0.15) is 20.8 Å². The molecule has 1 saturated heterocycles. The number of nitrogens with zero attached hydrogens (tertiary/aromatic N) is 1. The molecule has 0 bridgehead atoms. The summed E-state index contributed by atoms with van der Waals surface area (Å²) in [6.07, 6.45) is 1.81. The first-order chi connectivity index (χ1) is 6.79. The quantitative estimate of drug-likeness (QED) is 0.586. The van der Waals surface area contributed by atoms with Gasteiger partial charge in [-0.2, -0.15) is 0 Å². The van der Waals surface area contributed by atoms with Crippen LogP contribution in [0, 0.1) is 5.41 Å². The van der Waals surface area contributed by atoms with Gasteiger partial charge in [0.05, 0.1) is 11.6 Å². The zero-order valence-electron chi connectivity index (χ0n) is 9.96. The fourth-order valence-corrected chi connectivity index (χ4v) is 1.73. The number of hydrogen-bond acceptors (Lipinski definition) is 4. The van der Waals surface area contributed by atoms with E-state index in [1.54, 1.807) is 20.8 Å². The predicted octanol–water partition coefficient (Wildman–Crippen LogP) is 0.584. The van der Waals surface area contributed by atoms with Gasteiger partial charge in [-0.25, -0.2) is 0 Å². The van der Waals surface area contributed by atoms with Crippen molar-refractivity contribution in [2.75, 3.05) is 20.1 Å². The molecule has 1 aliphatic heterocycles. The van der Waals surface area contributed by atoms with Crippen LogP contribution in [0.15, 0.2) is 11.8 Å². The Kier molecular flexibility index (Phi) is 3.52. The molecule has 0 spiro atoms. The zero-order chi connectivity index (χ0) is 11.6. The van der Waals surface area contributed by atoms with E-state index in [9.17, 15) is 5.11 Å². The Bertz CT molecular complexity index is 278. The third-order valence-corrected chi connectivity index (χ3v) is 2.54. The summed E-state index contributed by atoms with van der Waals surface area (Å²) in [5, 5.41) is 20.6. The second kappa shape index (κ2) is 4.33. The normalized spacial score (nSPS) is 26.5. The summed E-state index contributed by atoms with van der Waals surface area (Å²) in [4.78, 5) is 2.15. The molecule has 4 nitrogen and oxygen atoms in total. The second-order valence-corrected chi connectivity index (χ2v) is 4.90. The molecule has 1 aliphatic rings. The van der Waals surface area contributed by atoms with Gasteiger partial charge in [0, 0.05) is 24.5 Å². The minimum atomic E-state index is -0.746. The molecule has 1 atom stereocenters.